The Balaban J connectivity index is 1.37. The van der Waals surface area contributed by atoms with Gasteiger partial charge in [0, 0.05) is 16.2 Å². The summed E-state index contributed by atoms with van der Waals surface area (Å²) in [6.07, 6.45) is 0. The van der Waals surface area contributed by atoms with Gasteiger partial charge in [-0.1, -0.05) is 153 Å². The highest BCUT2D eigenvalue weighted by Crippen LogP contribution is 2.50. The summed E-state index contributed by atoms with van der Waals surface area (Å²) in [6, 6.07) is -24.0. The summed E-state index contributed by atoms with van der Waals surface area (Å²) in [5.74, 6) is 0. The molecule has 1 aliphatic carbocycles. The molecule has 0 saturated carbocycles. The van der Waals surface area contributed by atoms with Crippen LogP contribution in [0.3, 0.4) is 0 Å². The molecule has 0 fully saturated rings. The first-order chi connectivity index (χ1) is 37.2. The summed E-state index contributed by atoms with van der Waals surface area (Å²) >= 11 is 0. The third-order valence-electron chi connectivity index (χ3n) is 9.45. The van der Waals surface area contributed by atoms with Crippen molar-refractivity contribution in [3.63, 3.8) is 0 Å². The quantitative estimate of drug-likeness (QED) is 0.168. The first-order valence-electron chi connectivity index (χ1n) is 29.9. The van der Waals surface area contributed by atoms with Crippen LogP contribution < -0.4 is 0 Å². The van der Waals surface area contributed by atoms with E-state index in [2.05, 4.69) is 0 Å². The molecule has 0 amide bonds. The van der Waals surface area contributed by atoms with Gasteiger partial charge in [-0.05, 0) is 118 Å². The normalized spacial score (nSPS) is 20.9. The van der Waals surface area contributed by atoms with Gasteiger partial charge in [-0.3, -0.25) is 0 Å². The third-order valence-corrected chi connectivity index (χ3v) is 9.45. The van der Waals surface area contributed by atoms with Gasteiger partial charge >= 0.3 is 0 Å². The van der Waals surface area contributed by atoms with Crippen molar-refractivity contribution in [2.75, 3.05) is 0 Å². The fraction of sp³-hybridized carbons (Fsp3) is 0.0588. The van der Waals surface area contributed by atoms with Gasteiger partial charge in [0.2, 0.25) is 0 Å². The number of fused-ring (bicyclic) bond motifs is 10. The maximum Gasteiger partial charge on any atom is 0.136 e. The highest BCUT2D eigenvalue weighted by molar-refractivity contribution is 6.23. The molecule has 0 N–H and O–H groups in total. The van der Waals surface area contributed by atoms with Gasteiger partial charge in [-0.2, -0.15) is 0 Å². The van der Waals surface area contributed by atoms with Crippen molar-refractivity contribution in [2.45, 2.75) is 19.3 Å². The van der Waals surface area contributed by atoms with Crippen LogP contribution in [0.2, 0.25) is 0 Å². The van der Waals surface area contributed by atoms with Crippen LogP contribution >= 0.6 is 0 Å². The number of rotatable bonds is 3. The Morgan fingerprint density at radius 3 is 1.71 bits per heavy atom. The third kappa shape index (κ3) is 4.11. The van der Waals surface area contributed by atoms with E-state index in [1.165, 1.54) is 13.8 Å². The molecule has 0 unspecified atom stereocenters. The zero-order chi connectivity index (χ0) is 58.9. The second kappa shape index (κ2) is 10.8. The lowest BCUT2D eigenvalue weighted by molar-refractivity contribution is 0.660. The summed E-state index contributed by atoms with van der Waals surface area (Å²) < 4.78 is 262. The number of hydrogen-bond donors (Lipinski definition) is 0. The Kier molecular flexibility index (Phi) is 2.69. The summed E-state index contributed by atoms with van der Waals surface area (Å²) in [4.78, 5) is 0. The van der Waals surface area contributed by atoms with Gasteiger partial charge in [0.05, 0.1) is 38.4 Å². The zero-order valence-electron chi connectivity index (χ0n) is 54.9. The standard InChI is InChI=1S/C51H34O/c1-51(2)44-21-10-9-16-37(44)38-25-22-33(30-45(38)51)32-13-11-14-34(28-32)48-39-17-5-7-19-41(39)49(42-20-8-6-18-40(42)48)35-24-26-46-43(29-35)50-36-15-4-3-12-31(36)23-27-47(50)52-46/h3-30H,1-2H3/i3D,4D,5D,6D,7D,8D,9D,10D,11D,12D,13D,14D,15D,16D,17D,18D,19D,20D,21D,22D,23D,24D,25D,26D,27D,28D,29D,30D. The first kappa shape index (κ1) is 13.0. The number of benzene rings is 9. The molecular formula is C51H34O. The molecule has 10 aromatic rings. The fourth-order valence-corrected chi connectivity index (χ4v) is 7.08. The molecule has 0 atom stereocenters. The minimum Gasteiger partial charge on any atom is -0.456 e. The van der Waals surface area contributed by atoms with E-state index in [9.17, 15) is 19.2 Å². The molecule has 1 heteroatoms. The summed E-state index contributed by atoms with van der Waals surface area (Å²) in [7, 11) is 0. The molecule has 0 aliphatic heterocycles. The van der Waals surface area contributed by atoms with Crippen LogP contribution in [0.4, 0.5) is 0 Å². The van der Waals surface area contributed by atoms with E-state index < -0.39 is 262 Å². The van der Waals surface area contributed by atoms with Crippen LogP contribution in [0.25, 0.3) is 98.8 Å². The highest BCUT2D eigenvalue weighted by Gasteiger charge is 2.35. The van der Waals surface area contributed by atoms with Crippen molar-refractivity contribution < 1.29 is 42.8 Å². The van der Waals surface area contributed by atoms with Gasteiger partial charge in [0.25, 0.3) is 0 Å². The van der Waals surface area contributed by atoms with Gasteiger partial charge in [0.15, 0.2) is 0 Å². The second-order valence-corrected chi connectivity index (χ2v) is 12.6. The van der Waals surface area contributed by atoms with Crippen LogP contribution in [0.1, 0.15) is 63.4 Å². The molecule has 1 heterocycles. The molecular weight excluding hydrogens is 629 g/mol. The predicted molar refractivity (Wildman–Crippen MR) is 220 cm³/mol. The predicted octanol–water partition coefficient (Wildman–Crippen LogP) is 14.4. The largest absolute Gasteiger partial charge is 0.456 e. The second-order valence-electron chi connectivity index (χ2n) is 12.6. The molecule has 1 aliphatic rings. The van der Waals surface area contributed by atoms with E-state index in [-0.39, 0.29) is 22.3 Å². The Bertz CT molecular complexity index is 4630. The molecule has 0 saturated heterocycles. The minimum absolute atomic E-state index is 0.0207. The zero-order valence-corrected chi connectivity index (χ0v) is 26.9. The van der Waals surface area contributed by atoms with Crippen LogP contribution in [0, 0.1) is 0 Å². The Labute approximate surface area is 341 Å². The van der Waals surface area contributed by atoms with Crippen LogP contribution in [-0.4, -0.2) is 0 Å². The van der Waals surface area contributed by atoms with Crippen LogP contribution in [0.5, 0.6) is 0 Å². The fourth-order valence-electron chi connectivity index (χ4n) is 7.08. The monoisotopic (exact) mass is 690 g/mol. The van der Waals surface area contributed by atoms with Crippen molar-refractivity contribution in [2.24, 2.45) is 0 Å². The Morgan fingerprint density at radius 1 is 0.404 bits per heavy atom. The summed E-state index contributed by atoms with van der Waals surface area (Å²) in [5.41, 5.74) is -7.76. The van der Waals surface area contributed by atoms with Gasteiger partial charge in [-0.15, -0.1) is 0 Å². The first-order valence-corrected chi connectivity index (χ1v) is 15.9. The smallest absolute Gasteiger partial charge is 0.136 e. The molecule has 1 nitrogen and oxygen atoms in total. The Morgan fingerprint density at radius 2 is 0.962 bits per heavy atom. The average Bonchev–Trinajstić information content (AvgIpc) is 4.11. The van der Waals surface area contributed by atoms with E-state index in [0.717, 1.165) is 0 Å². The molecule has 11 rings (SSSR count). The van der Waals surface area contributed by atoms with Gasteiger partial charge in [-0.25, -0.2) is 0 Å². The van der Waals surface area contributed by atoms with Gasteiger partial charge in [0.1, 0.15) is 11.2 Å². The van der Waals surface area contributed by atoms with E-state index in [4.69, 9.17) is 23.6 Å². The molecule has 52 heavy (non-hydrogen) atoms. The molecule has 0 bridgehead atoms. The highest BCUT2D eigenvalue weighted by atomic mass is 16.3. The van der Waals surface area contributed by atoms with Crippen molar-refractivity contribution in [1.82, 2.24) is 0 Å². The topological polar surface area (TPSA) is 13.1 Å². The van der Waals surface area contributed by atoms with E-state index in [0.29, 0.717) is 0 Å². The minimum atomic E-state index is -1.53. The maximum atomic E-state index is 10.0. The molecule has 244 valence electrons. The van der Waals surface area contributed by atoms with Crippen molar-refractivity contribution in [3.05, 3.63) is 180 Å². The maximum absolute atomic E-state index is 10.0. The van der Waals surface area contributed by atoms with Gasteiger partial charge < -0.3 is 4.42 Å². The number of hydrogen-bond acceptors (Lipinski definition) is 1. The Hall–Kier alpha value is -6.44. The van der Waals surface area contributed by atoms with Crippen molar-refractivity contribution in [3.8, 4) is 44.5 Å². The average molecular weight is 691 g/mol. The van der Waals surface area contributed by atoms with Crippen molar-refractivity contribution in [1.29, 1.82) is 0 Å². The lowest BCUT2D eigenvalue weighted by atomic mass is 9.81. The summed E-state index contributed by atoms with van der Waals surface area (Å²) in [6.45, 7) is 3.01. The van der Waals surface area contributed by atoms with Crippen molar-refractivity contribution >= 4 is 54.3 Å². The number of furan rings is 1. The van der Waals surface area contributed by atoms with E-state index in [1.54, 1.807) is 0 Å². The lowest BCUT2D eigenvalue weighted by Gasteiger charge is -2.22. The molecule has 0 radical (unpaired) electrons. The van der Waals surface area contributed by atoms with E-state index in [1.807, 2.05) is 0 Å². The summed E-state index contributed by atoms with van der Waals surface area (Å²) in [5, 5.41) is -4.82. The lowest BCUT2D eigenvalue weighted by Crippen LogP contribution is -2.14. The molecule has 0 spiro atoms. The SMILES string of the molecule is [2H]c1c([2H])c(-c2c([2H])c([2H])c3c(c2[2H])C(C)(C)c2c([2H])c([2H])c([2H])c([2H])c2-3)c([2H])c(-c2c3c([2H])c([2H])c([2H])c([2H])c3c(-c3c([2H])c([2H])c4oc5c([2H])c([2H])c6c([2H])c([2H])c([2H])c([2H])c6c5c4c3[2H])c3c([2H])c([2H])c([2H])c([2H])c23)c1[2H]. The van der Waals surface area contributed by atoms with Crippen LogP contribution in [0.15, 0.2) is 174 Å². The van der Waals surface area contributed by atoms with E-state index >= 15 is 0 Å². The molecule has 1 aromatic heterocycles. The van der Waals surface area contributed by atoms with Crippen LogP contribution in [-0.2, 0) is 5.41 Å². The molecule has 9 aromatic carbocycles.